The van der Waals surface area contributed by atoms with Crippen molar-refractivity contribution < 1.29 is 4.79 Å². The van der Waals surface area contributed by atoms with Crippen LogP contribution in [0.1, 0.15) is 45.4 Å². The van der Waals surface area contributed by atoms with Gasteiger partial charge in [-0.1, -0.05) is 26.2 Å². The lowest BCUT2D eigenvalue weighted by atomic mass is 9.92. The maximum Gasteiger partial charge on any atom is 0.237 e. The number of carbonyl (C=O) groups excluding carboxylic acids is 1. The fraction of sp³-hybridized carbons (Fsp3) is 0.929. The van der Waals surface area contributed by atoms with Gasteiger partial charge >= 0.3 is 0 Å². The summed E-state index contributed by atoms with van der Waals surface area (Å²) in [6.45, 7) is 4.66. The third kappa shape index (κ3) is 3.23. The molecule has 18 heavy (non-hydrogen) atoms. The molecule has 1 aliphatic carbocycles. The molecule has 4 nitrogen and oxygen atoms in total. The maximum absolute atomic E-state index is 12.2. The lowest BCUT2D eigenvalue weighted by Gasteiger charge is -2.38. The zero-order chi connectivity index (χ0) is 13.0. The number of nitrogens with zero attached hydrogens (tertiary/aromatic N) is 1. The van der Waals surface area contributed by atoms with Crippen LogP contribution >= 0.6 is 0 Å². The summed E-state index contributed by atoms with van der Waals surface area (Å²) in [6, 6.07) is 0.602. The van der Waals surface area contributed by atoms with Crippen molar-refractivity contribution in [3.63, 3.8) is 0 Å². The predicted octanol–water partition coefficient (Wildman–Crippen LogP) is 1.10. The van der Waals surface area contributed by atoms with Crippen LogP contribution in [0.15, 0.2) is 0 Å². The van der Waals surface area contributed by atoms with Crippen LogP contribution in [-0.4, -0.2) is 42.5 Å². The lowest BCUT2D eigenvalue weighted by molar-refractivity contribution is -0.126. The zero-order valence-electron chi connectivity index (χ0n) is 11.5. The average molecular weight is 253 g/mol. The molecule has 1 amide bonds. The van der Waals surface area contributed by atoms with Crippen molar-refractivity contribution >= 4 is 5.91 Å². The number of nitrogens with two attached hydrogens (primary N) is 1. The Hall–Kier alpha value is -0.610. The third-order valence-electron chi connectivity index (χ3n) is 4.33. The van der Waals surface area contributed by atoms with E-state index in [-0.39, 0.29) is 11.9 Å². The monoisotopic (exact) mass is 253 g/mol. The number of hydrogen-bond acceptors (Lipinski definition) is 3. The predicted molar refractivity (Wildman–Crippen MR) is 73.2 cm³/mol. The molecular formula is C14H27N3O. The molecule has 2 aliphatic rings. The van der Waals surface area contributed by atoms with Gasteiger partial charge in [0.05, 0.1) is 6.04 Å². The molecule has 4 heteroatoms. The summed E-state index contributed by atoms with van der Waals surface area (Å²) in [6.07, 6.45) is 7.27. The summed E-state index contributed by atoms with van der Waals surface area (Å²) in [5, 5.41) is 3.06. The van der Waals surface area contributed by atoms with E-state index in [1.807, 2.05) is 0 Å². The van der Waals surface area contributed by atoms with Crippen LogP contribution in [0.4, 0.5) is 0 Å². The first-order valence-corrected chi connectivity index (χ1v) is 7.46. The molecule has 0 radical (unpaired) electrons. The molecule has 0 spiro atoms. The Bertz CT molecular complexity index is 276. The van der Waals surface area contributed by atoms with Gasteiger partial charge in [-0.05, 0) is 31.7 Å². The highest BCUT2D eigenvalue weighted by molar-refractivity contribution is 5.82. The molecule has 1 aliphatic heterocycles. The molecule has 2 unspecified atom stereocenters. The van der Waals surface area contributed by atoms with E-state index in [1.165, 1.54) is 32.1 Å². The molecule has 2 fully saturated rings. The minimum absolute atomic E-state index is 0.00282. The van der Waals surface area contributed by atoms with Crippen LogP contribution < -0.4 is 11.1 Å². The van der Waals surface area contributed by atoms with Crippen molar-refractivity contribution in [2.75, 3.05) is 19.6 Å². The fourth-order valence-corrected chi connectivity index (χ4v) is 3.37. The Morgan fingerprint density at radius 2 is 2.06 bits per heavy atom. The van der Waals surface area contributed by atoms with Gasteiger partial charge in [-0.3, -0.25) is 9.69 Å². The van der Waals surface area contributed by atoms with Crippen LogP contribution in [0, 0.1) is 5.92 Å². The van der Waals surface area contributed by atoms with E-state index in [1.54, 1.807) is 0 Å². The second kappa shape index (κ2) is 6.53. The highest BCUT2D eigenvalue weighted by Gasteiger charge is 2.34. The van der Waals surface area contributed by atoms with E-state index < -0.39 is 0 Å². The van der Waals surface area contributed by atoms with Gasteiger partial charge in [-0.2, -0.15) is 0 Å². The molecular weight excluding hydrogens is 226 g/mol. The Morgan fingerprint density at radius 3 is 2.72 bits per heavy atom. The maximum atomic E-state index is 12.2. The van der Waals surface area contributed by atoms with Crippen LogP contribution in [-0.2, 0) is 4.79 Å². The number of hydrogen-bond donors (Lipinski definition) is 2. The van der Waals surface area contributed by atoms with Crippen molar-refractivity contribution in [3.05, 3.63) is 0 Å². The molecule has 0 bridgehead atoms. The number of amides is 1. The Balaban J connectivity index is 2.10. The van der Waals surface area contributed by atoms with Crippen molar-refractivity contribution in [1.29, 1.82) is 0 Å². The van der Waals surface area contributed by atoms with E-state index in [0.29, 0.717) is 18.5 Å². The second-order valence-corrected chi connectivity index (χ2v) is 5.93. The summed E-state index contributed by atoms with van der Waals surface area (Å²) >= 11 is 0. The fourth-order valence-electron chi connectivity index (χ4n) is 3.37. The first-order chi connectivity index (χ1) is 8.72. The lowest BCUT2D eigenvalue weighted by Crippen LogP contribution is -2.50. The number of carbonyl (C=O) groups is 1. The molecule has 0 aromatic heterocycles. The van der Waals surface area contributed by atoms with Crippen molar-refractivity contribution in [3.8, 4) is 0 Å². The molecule has 1 saturated heterocycles. The van der Waals surface area contributed by atoms with Gasteiger partial charge in [-0.15, -0.1) is 0 Å². The molecule has 2 atom stereocenters. The smallest absolute Gasteiger partial charge is 0.237 e. The summed E-state index contributed by atoms with van der Waals surface area (Å²) in [7, 11) is 0. The highest BCUT2D eigenvalue weighted by Crippen LogP contribution is 2.26. The molecule has 0 aromatic rings. The van der Waals surface area contributed by atoms with Gasteiger partial charge in [0, 0.05) is 19.1 Å². The standard InChI is InChI=1S/C14H27N3O/c1-11-9-16-14(18)13(7-8-15)17(10-11)12-5-3-2-4-6-12/h11-13H,2-10,15H2,1H3,(H,16,18). The second-order valence-electron chi connectivity index (χ2n) is 5.93. The summed E-state index contributed by atoms with van der Waals surface area (Å²) < 4.78 is 0. The quantitative estimate of drug-likeness (QED) is 0.792. The first kappa shape index (κ1) is 13.8. The Morgan fingerprint density at radius 1 is 1.33 bits per heavy atom. The minimum Gasteiger partial charge on any atom is -0.354 e. The van der Waals surface area contributed by atoms with E-state index >= 15 is 0 Å². The van der Waals surface area contributed by atoms with Crippen LogP contribution in [0.2, 0.25) is 0 Å². The summed E-state index contributed by atoms with van der Waals surface area (Å²) in [5.74, 6) is 0.731. The first-order valence-electron chi connectivity index (χ1n) is 7.46. The van der Waals surface area contributed by atoms with E-state index in [0.717, 1.165) is 19.5 Å². The largest absolute Gasteiger partial charge is 0.354 e. The van der Waals surface area contributed by atoms with Crippen molar-refractivity contribution in [1.82, 2.24) is 10.2 Å². The zero-order valence-corrected chi connectivity index (χ0v) is 11.5. The van der Waals surface area contributed by atoms with Crippen molar-refractivity contribution in [2.45, 2.75) is 57.5 Å². The van der Waals surface area contributed by atoms with E-state index in [2.05, 4.69) is 17.1 Å². The SMILES string of the molecule is CC1CNC(=O)C(CCN)N(C2CCCCC2)C1. The Kier molecular flexibility index (Phi) is 5.01. The van der Waals surface area contributed by atoms with Gasteiger partial charge in [0.2, 0.25) is 5.91 Å². The summed E-state index contributed by atoms with van der Waals surface area (Å²) in [5.41, 5.74) is 5.69. The van der Waals surface area contributed by atoms with Gasteiger partial charge in [0.15, 0.2) is 0 Å². The van der Waals surface area contributed by atoms with E-state index in [9.17, 15) is 4.79 Å². The Labute approximate surface area is 110 Å². The van der Waals surface area contributed by atoms with Gasteiger partial charge < -0.3 is 11.1 Å². The van der Waals surface area contributed by atoms with Gasteiger partial charge in [-0.25, -0.2) is 0 Å². The summed E-state index contributed by atoms with van der Waals surface area (Å²) in [4.78, 5) is 14.7. The van der Waals surface area contributed by atoms with Crippen LogP contribution in [0.25, 0.3) is 0 Å². The van der Waals surface area contributed by atoms with Gasteiger partial charge in [0.1, 0.15) is 0 Å². The van der Waals surface area contributed by atoms with E-state index in [4.69, 9.17) is 5.73 Å². The molecule has 2 rings (SSSR count). The van der Waals surface area contributed by atoms with Crippen LogP contribution in [0.5, 0.6) is 0 Å². The average Bonchev–Trinajstić information content (AvgIpc) is 2.53. The normalized spacial score (nSPS) is 32.0. The molecule has 1 heterocycles. The topological polar surface area (TPSA) is 58.4 Å². The third-order valence-corrected chi connectivity index (χ3v) is 4.33. The van der Waals surface area contributed by atoms with Crippen LogP contribution in [0.3, 0.4) is 0 Å². The van der Waals surface area contributed by atoms with Crippen molar-refractivity contribution in [2.24, 2.45) is 11.7 Å². The molecule has 1 saturated carbocycles. The molecule has 3 N–H and O–H groups in total. The molecule has 0 aromatic carbocycles. The molecule has 104 valence electrons. The number of rotatable bonds is 3. The minimum atomic E-state index is 0.00282. The highest BCUT2D eigenvalue weighted by atomic mass is 16.2. The van der Waals surface area contributed by atoms with Gasteiger partial charge in [0.25, 0.3) is 0 Å². The number of nitrogens with one attached hydrogen (secondary N) is 1.